The van der Waals surface area contributed by atoms with Crippen molar-refractivity contribution in [2.45, 2.75) is 19.9 Å². The summed E-state index contributed by atoms with van der Waals surface area (Å²) in [4.78, 5) is 16.4. The number of aryl methyl sites for hydroxylation is 1. The fraction of sp³-hybridized carbons (Fsp3) is 0.333. The zero-order chi connectivity index (χ0) is 13.4. The van der Waals surface area contributed by atoms with E-state index in [2.05, 4.69) is 46.8 Å². The second kappa shape index (κ2) is 4.53. The first-order valence-corrected chi connectivity index (χ1v) is 6.53. The van der Waals surface area contributed by atoms with Crippen molar-refractivity contribution in [3.63, 3.8) is 0 Å². The predicted octanol–water partition coefficient (Wildman–Crippen LogP) is 1.48. The molecule has 0 aromatic heterocycles. The van der Waals surface area contributed by atoms with Crippen LogP contribution in [0.1, 0.15) is 24.1 Å². The van der Waals surface area contributed by atoms with Gasteiger partial charge in [0, 0.05) is 17.8 Å². The number of hydrogen-bond donors (Lipinski definition) is 2. The highest BCUT2D eigenvalue weighted by Gasteiger charge is 2.36. The van der Waals surface area contributed by atoms with E-state index < -0.39 is 0 Å². The number of aliphatic imine (C=N–C) groups is 1. The van der Waals surface area contributed by atoms with Gasteiger partial charge in [0.25, 0.3) is 5.91 Å². The quantitative estimate of drug-likeness (QED) is 0.798. The van der Waals surface area contributed by atoms with E-state index in [1.165, 1.54) is 5.56 Å². The minimum absolute atomic E-state index is 0.0661. The van der Waals surface area contributed by atoms with E-state index >= 15 is 0 Å². The van der Waals surface area contributed by atoms with Gasteiger partial charge in [-0.15, -0.1) is 0 Å². The molecular weight excluding hydrogens is 238 g/mol. The smallest absolute Gasteiger partial charge is 0.270 e. The molecule has 0 spiro atoms. The number of benzene rings is 1. The summed E-state index contributed by atoms with van der Waals surface area (Å²) in [7, 11) is 0. The van der Waals surface area contributed by atoms with E-state index in [0.29, 0.717) is 12.3 Å². The molecule has 1 unspecified atom stereocenters. The monoisotopic (exact) mass is 255 g/mol. The highest BCUT2D eigenvalue weighted by atomic mass is 16.2. The van der Waals surface area contributed by atoms with Gasteiger partial charge in [0.1, 0.15) is 5.71 Å². The van der Waals surface area contributed by atoms with Crippen LogP contribution in [0.2, 0.25) is 0 Å². The van der Waals surface area contributed by atoms with Gasteiger partial charge in [-0.05, 0) is 19.4 Å². The summed E-state index contributed by atoms with van der Waals surface area (Å²) in [5, 5.41) is 6.34. The molecule has 0 aliphatic carbocycles. The van der Waals surface area contributed by atoms with Crippen LogP contribution in [0, 0.1) is 6.92 Å². The molecule has 98 valence electrons. The number of nitrogens with zero attached hydrogens (tertiary/aromatic N) is 1. The van der Waals surface area contributed by atoms with Crippen molar-refractivity contribution in [1.29, 1.82) is 0 Å². The van der Waals surface area contributed by atoms with Crippen molar-refractivity contribution < 1.29 is 4.79 Å². The zero-order valence-electron chi connectivity index (χ0n) is 11.2. The van der Waals surface area contributed by atoms with Gasteiger partial charge >= 0.3 is 0 Å². The Labute approximate surface area is 112 Å². The largest absolute Gasteiger partial charge is 0.386 e. The van der Waals surface area contributed by atoms with Gasteiger partial charge in [0.15, 0.2) is 0 Å². The second-order valence-electron chi connectivity index (χ2n) is 5.01. The Balaban J connectivity index is 2.07. The van der Waals surface area contributed by atoms with Crippen molar-refractivity contribution in [3.05, 3.63) is 46.7 Å². The van der Waals surface area contributed by atoms with Gasteiger partial charge in [-0.25, -0.2) is 0 Å². The van der Waals surface area contributed by atoms with Crippen LogP contribution in [0.15, 0.2) is 40.5 Å². The Morgan fingerprint density at radius 1 is 1.21 bits per heavy atom. The molecule has 2 N–H and O–H groups in total. The maximum Gasteiger partial charge on any atom is 0.270 e. The maximum absolute atomic E-state index is 12.1. The molecular formula is C15H17N3O. The van der Waals surface area contributed by atoms with Crippen LogP contribution in [-0.2, 0) is 4.79 Å². The Morgan fingerprint density at radius 3 is 2.68 bits per heavy atom. The van der Waals surface area contributed by atoms with Gasteiger partial charge in [0.05, 0.1) is 12.6 Å². The number of nitrogens with one attached hydrogen (secondary N) is 2. The number of carbonyl (C=O) groups excluding carboxylic acids is 1. The third kappa shape index (κ3) is 2.03. The average molecular weight is 255 g/mol. The van der Waals surface area contributed by atoms with E-state index in [-0.39, 0.29) is 11.9 Å². The van der Waals surface area contributed by atoms with Crippen LogP contribution < -0.4 is 10.6 Å². The number of hydrogen-bond acceptors (Lipinski definition) is 3. The zero-order valence-corrected chi connectivity index (χ0v) is 11.2. The first kappa shape index (κ1) is 12.0. The molecule has 1 fully saturated rings. The molecule has 19 heavy (non-hydrogen) atoms. The Bertz CT molecular complexity index is 584. The molecule has 0 bridgehead atoms. The Morgan fingerprint density at radius 2 is 1.95 bits per heavy atom. The van der Waals surface area contributed by atoms with Gasteiger partial charge in [-0.3, -0.25) is 9.79 Å². The molecule has 0 radical (unpaired) electrons. The molecule has 1 atom stereocenters. The topological polar surface area (TPSA) is 53.5 Å². The van der Waals surface area contributed by atoms with E-state index in [9.17, 15) is 4.79 Å². The van der Waals surface area contributed by atoms with E-state index in [4.69, 9.17) is 0 Å². The molecule has 1 saturated heterocycles. The van der Waals surface area contributed by atoms with Gasteiger partial charge < -0.3 is 10.6 Å². The van der Waals surface area contributed by atoms with E-state index in [1.54, 1.807) is 0 Å². The maximum atomic E-state index is 12.1. The van der Waals surface area contributed by atoms with Gasteiger partial charge in [0.2, 0.25) is 0 Å². The normalized spacial score (nSPS) is 22.3. The van der Waals surface area contributed by atoms with Crippen LogP contribution in [-0.4, -0.2) is 24.7 Å². The van der Waals surface area contributed by atoms with Crippen LogP contribution >= 0.6 is 0 Å². The molecule has 1 aromatic carbocycles. The number of carbonyl (C=O) groups is 1. The molecule has 2 aliphatic heterocycles. The number of fused-ring (bicyclic) bond motifs is 1. The lowest BCUT2D eigenvalue weighted by Gasteiger charge is -2.15. The lowest BCUT2D eigenvalue weighted by Crippen LogP contribution is -2.22. The molecule has 1 amide bonds. The summed E-state index contributed by atoms with van der Waals surface area (Å²) >= 11 is 0. The fourth-order valence-corrected chi connectivity index (χ4v) is 2.60. The summed E-state index contributed by atoms with van der Waals surface area (Å²) in [5.41, 5.74) is 4.94. The van der Waals surface area contributed by atoms with Gasteiger partial charge in [-0.1, -0.05) is 29.8 Å². The Kier molecular flexibility index (Phi) is 2.85. The SMILES string of the molecule is CC1=C2C(=NCCN1)C(=O)NC2c1ccc(C)cc1. The van der Waals surface area contributed by atoms with Crippen molar-refractivity contribution in [3.8, 4) is 0 Å². The third-order valence-corrected chi connectivity index (χ3v) is 3.62. The molecule has 2 heterocycles. The third-order valence-electron chi connectivity index (χ3n) is 3.62. The van der Waals surface area contributed by atoms with E-state index in [0.717, 1.165) is 23.4 Å². The summed E-state index contributed by atoms with van der Waals surface area (Å²) in [6.45, 7) is 5.50. The minimum atomic E-state index is -0.0857. The lowest BCUT2D eigenvalue weighted by atomic mass is 9.97. The first-order valence-electron chi connectivity index (χ1n) is 6.53. The number of rotatable bonds is 1. The highest BCUT2D eigenvalue weighted by Crippen LogP contribution is 2.30. The van der Waals surface area contributed by atoms with Crippen LogP contribution in [0.25, 0.3) is 0 Å². The molecule has 3 rings (SSSR count). The molecule has 1 aromatic rings. The first-order chi connectivity index (χ1) is 9.16. The van der Waals surface area contributed by atoms with Crippen LogP contribution in [0.4, 0.5) is 0 Å². The second-order valence-corrected chi connectivity index (χ2v) is 5.01. The lowest BCUT2D eigenvalue weighted by molar-refractivity contribution is -0.114. The molecule has 4 heteroatoms. The fourth-order valence-electron chi connectivity index (χ4n) is 2.60. The average Bonchev–Trinajstić information content (AvgIpc) is 2.60. The van der Waals surface area contributed by atoms with Crippen molar-refractivity contribution >= 4 is 11.6 Å². The van der Waals surface area contributed by atoms with Crippen molar-refractivity contribution in [1.82, 2.24) is 10.6 Å². The van der Waals surface area contributed by atoms with E-state index in [1.807, 2.05) is 6.92 Å². The standard InChI is InChI=1S/C15H17N3O/c1-9-3-5-11(6-4-9)13-12-10(2)16-7-8-17-14(12)15(19)18-13/h3-6,13,16H,7-8H2,1-2H3,(H,18,19). The Hall–Kier alpha value is -2.10. The van der Waals surface area contributed by atoms with Crippen LogP contribution in [0.3, 0.4) is 0 Å². The minimum Gasteiger partial charge on any atom is -0.386 e. The van der Waals surface area contributed by atoms with Crippen molar-refractivity contribution in [2.75, 3.05) is 13.1 Å². The summed E-state index contributed by atoms with van der Waals surface area (Å²) < 4.78 is 0. The predicted molar refractivity (Wildman–Crippen MR) is 75.1 cm³/mol. The summed E-state index contributed by atoms with van der Waals surface area (Å²) in [6, 6.07) is 8.17. The van der Waals surface area contributed by atoms with Crippen LogP contribution in [0.5, 0.6) is 0 Å². The number of allylic oxidation sites excluding steroid dienone is 1. The summed E-state index contributed by atoms with van der Waals surface area (Å²) in [5.74, 6) is -0.0661. The van der Waals surface area contributed by atoms with Gasteiger partial charge in [-0.2, -0.15) is 0 Å². The molecule has 2 aliphatic rings. The highest BCUT2D eigenvalue weighted by molar-refractivity contribution is 6.48. The number of amides is 1. The summed E-state index contributed by atoms with van der Waals surface area (Å²) in [6.07, 6.45) is 0. The molecule has 0 saturated carbocycles. The van der Waals surface area contributed by atoms with Crippen molar-refractivity contribution in [2.24, 2.45) is 4.99 Å². The molecule has 4 nitrogen and oxygen atoms in total.